The van der Waals surface area contributed by atoms with E-state index < -0.39 is 0 Å². The lowest BCUT2D eigenvalue weighted by Gasteiger charge is -2.14. The van der Waals surface area contributed by atoms with E-state index in [0.29, 0.717) is 0 Å². The lowest BCUT2D eigenvalue weighted by molar-refractivity contribution is 0.346. The smallest absolute Gasteiger partial charge is 0.0230 e. The summed E-state index contributed by atoms with van der Waals surface area (Å²) in [7, 11) is 2.18. The fraction of sp³-hybridized carbons (Fsp3) is 0.368. The van der Waals surface area contributed by atoms with Gasteiger partial charge in [-0.15, -0.1) is 0 Å². The van der Waals surface area contributed by atoms with Crippen molar-refractivity contribution in [2.45, 2.75) is 33.2 Å². The Labute approximate surface area is 122 Å². The summed E-state index contributed by atoms with van der Waals surface area (Å²) < 4.78 is 0. The van der Waals surface area contributed by atoms with Gasteiger partial charge in [0, 0.05) is 6.54 Å². The van der Waals surface area contributed by atoms with Gasteiger partial charge in [0.1, 0.15) is 0 Å². The van der Waals surface area contributed by atoms with Crippen LogP contribution in [-0.4, -0.2) is 18.5 Å². The minimum atomic E-state index is 1.03. The molecule has 2 aromatic carbocycles. The molecule has 0 saturated carbocycles. The van der Waals surface area contributed by atoms with Crippen molar-refractivity contribution in [1.82, 2.24) is 4.90 Å². The summed E-state index contributed by atoms with van der Waals surface area (Å²) in [4.78, 5) is 2.35. The highest BCUT2D eigenvalue weighted by molar-refractivity contribution is 5.77. The van der Waals surface area contributed by atoms with E-state index in [9.17, 15) is 0 Å². The van der Waals surface area contributed by atoms with Crippen molar-refractivity contribution in [2.75, 3.05) is 13.6 Å². The Morgan fingerprint density at radius 3 is 2.45 bits per heavy atom. The number of nitrogens with zero attached hydrogens (tertiary/aromatic N) is 1. The minimum absolute atomic E-state index is 1.03. The summed E-state index contributed by atoms with van der Waals surface area (Å²) in [6.07, 6.45) is 2.22. The van der Waals surface area contributed by atoms with E-state index in [1.54, 1.807) is 0 Å². The third kappa shape index (κ3) is 2.38. The molecule has 0 saturated heterocycles. The maximum atomic E-state index is 2.39. The van der Waals surface area contributed by atoms with Crippen LogP contribution in [0.4, 0.5) is 0 Å². The first-order chi connectivity index (χ1) is 9.71. The van der Waals surface area contributed by atoms with Gasteiger partial charge < -0.3 is 4.90 Å². The molecule has 2 aromatic rings. The van der Waals surface area contributed by atoms with Crippen LogP contribution in [0.25, 0.3) is 11.1 Å². The van der Waals surface area contributed by atoms with Gasteiger partial charge in [-0.2, -0.15) is 0 Å². The summed E-state index contributed by atoms with van der Waals surface area (Å²) in [5.41, 5.74) is 8.74. The molecule has 0 unspecified atom stereocenters. The molecule has 1 aliphatic rings. The van der Waals surface area contributed by atoms with Crippen LogP contribution >= 0.6 is 0 Å². The first kappa shape index (κ1) is 13.4. The Balaban J connectivity index is 1.96. The average Bonchev–Trinajstić information content (AvgIpc) is 2.84. The molecule has 1 heteroatoms. The Morgan fingerprint density at radius 2 is 1.70 bits per heavy atom. The van der Waals surface area contributed by atoms with Crippen LogP contribution in [0.3, 0.4) is 0 Å². The molecule has 20 heavy (non-hydrogen) atoms. The third-order valence-electron chi connectivity index (χ3n) is 4.42. The summed E-state index contributed by atoms with van der Waals surface area (Å²) in [5.74, 6) is 0. The van der Waals surface area contributed by atoms with Crippen molar-refractivity contribution in [3.05, 3.63) is 58.7 Å². The van der Waals surface area contributed by atoms with Crippen LogP contribution in [0.1, 0.15) is 36.1 Å². The van der Waals surface area contributed by atoms with Gasteiger partial charge in [0.15, 0.2) is 0 Å². The number of hydrogen-bond acceptors (Lipinski definition) is 1. The number of rotatable bonds is 4. The molecule has 1 aliphatic carbocycles. The lowest BCUT2D eigenvalue weighted by Crippen LogP contribution is -2.16. The van der Waals surface area contributed by atoms with Gasteiger partial charge in [0.05, 0.1) is 0 Å². The Bertz CT molecular complexity index is 628. The quantitative estimate of drug-likeness (QED) is 0.681. The second-order valence-corrected chi connectivity index (χ2v) is 5.84. The molecule has 104 valence electrons. The van der Waals surface area contributed by atoms with Crippen molar-refractivity contribution in [1.29, 1.82) is 0 Å². The van der Waals surface area contributed by atoms with E-state index in [1.807, 2.05) is 0 Å². The number of fused-ring (bicyclic) bond motifs is 3. The summed E-state index contributed by atoms with van der Waals surface area (Å²) in [6, 6.07) is 14.0. The Hall–Kier alpha value is -1.60. The Kier molecular flexibility index (Phi) is 3.62. The second kappa shape index (κ2) is 5.41. The van der Waals surface area contributed by atoms with E-state index >= 15 is 0 Å². The number of hydrogen-bond donors (Lipinski definition) is 0. The third-order valence-corrected chi connectivity index (χ3v) is 4.42. The van der Waals surface area contributed by atoms with Crippen LogP contribution in [0, 0.1) is 0 Å². The molecule has 0 fully saturated rings. The summed E-state index contributed by atoms with van der Waals surface area (Å²) in [6.45, 7) is 6.55. The van der Waals surface area contributed by atoms with Gasteiger partial charge in [0.25, 0.3) is 0 Å². The predicted octanol–water partition coefficient (Wildman–Crippen LogP) is 4.27. The van der Waals surface area contributed by atoms with E-state index in [2.05, 4.69) is 62.2 Å². The molecule has 0 atom stereocenters. The molecule has 0 N–H and O–H groups in total. The van der Waals surface area contributed by atoms with Crippen LogP contribution in [0.5, 0.6) is 0 Å². The highest BCUT2D eigenvalue weighted by Gasteiger charge is 2.18. The zero-order chi connectivity index (χ0) is 14.1. The van der Waals surface area contributed by atoms with Gasteiger partial charge in [-0.1, -0.05) is 44.2 Å². The molecule has 0 bridgehead atoms. The van der Waals surface area contributed by atoms with Crippen LogP contribution in [-0.2, 0) is 19.4 Å². The summed E-state index contributed by atoms with van der Waals surface area (Å²) in [5, 5.41) is 0. The van der Waals surface area contributed by atoms with E-state index in [4.69, 9.17) is 0 Å². The normalized spacial score (nSPS) is 12.6. The molecule has 0 radical (unpaired) electrons. The molecule has 0 aromatic heterocycles. The lowest BCUT2D eigenvalue weighted by atomic mass is 10.0. The van der Waals surface area contributed by atoms with Crippen molar-refractivity contribution in [2.24, 2.45) is 0 Å². The van der Waals surface area contributed by atoms with Crippen molar-refractivity contribution >= 4 is 0 Å². The average molecular weight is 265 g/mol. The van der Waals surface area contributed by atoms with Crippen LogP contribution < -0.4 is 0 Å². The molecule has 0 spiro atoms. The van der Waals surface area contributed by atoms with Crippen molar-refractivity contribution in [3.63, 3.8) is 0 Å². The zero-order valence-electron chi connectivity index (χ0n) is 12.7. The maximum absolute atomic E-state index is 2.39. The van der Waals surface area contributed by atoms with E-state index in [0.717, 1.165) is 25.9 Å². The van der Waals surface area contributed by atoms with Crippen LogP contribution in [0.2, 0.25) is 0 Å². The highest BCUT2D eigenvalue weighted by atomic mass is 15.1. The SMILES string of the molecule is CCc1ccc2c(c1)Cc1ccc(CN(C)CC)cc1-2. The number of benzene rings is 2. The van der Waals surface area contributed by atoms with E-state index in [1.165, 1.54) is 33.4 Å². The van der Waals surface area contributed by atoms with Gasteiger partial charge in [-0.05, 0) is 65.9 Å². The second-order valence-electron chi connectivity index (χ2n) is 5.84. The number of aryl methyl sites for hydroxylation is 1. The summed E-state index contributed by atoms with van der Waals surface area (Å²) >= 11 is 0. The molecular weight excluding hydrogens is 242 g/mol. The molecule has 1 nitrogen and oxygen atoms in total. The van der Waals surface area contributed by atoms with Gasteiger partial charge in [-0.25, -0.2) is 0 Å². The van der Waals surface area contributed by atoms with Crippen LogP contribution in [0.15, 0.2) is 36.4 Å². The van der Waals surface area contributed by atoms with Gasteiger partial charge in [0.2, 0.25) is 0 Å². The molecular formula is C19H23N. The highest BCUT2D eigenvalue weighted by Crippen LogP contribution is 2.37. The maximum Gasteiger partial charge on any atom is 0.0230 e. The molecule has 3 rings (SSSR count). The molecule has 0 aliphatic heterocycles. The first-order valence-electron chi connectivity index (χ1n) is 7.63. The monoisotopic (exact) mass is 265 g/mol. The standard InChI is InChI=1S/C19H23N/c1-4-14-7-9-18-17(10-14)12-16-8-6-15(11-19(16)18)13-20(3)5-2/h6-11H,4-5,12-13H2,1-3H3. The fourth-order valence-electron chi connectivity index (χ4n) is 3.03. The van der Waals surface area contributed by atoms with Crippen molar-refractivity contribution in [3.8, 4) is 11.1 Å². The largest absolute Gasteiger partial charge is 0.302 e. The topological polar surface area (TPSA) is 3.24 Å². The van der Waals surface area contributed by atoms with Gasteiger partial charge >= 0.3 is 0 Å². The van der Waals surface area contributed by atoms with Crippen molar-refractivity contribution < 1.29 is 0 Å². The Morgan fingerprint density at radius 1 is 0.900 bits per heavy atom. The first-order valence-corrected chi connectivity index (χ1v) is 7.63. The van der Waals surface area contributed by atoms with Gasteiger partial charge in [-0.3, -0.25) is 0 Å². The molecule has 0 heterocycles. The molecule has 0 amide bonds. The minimum Gasteiger partial charge on any atom is -0.302 e. The van der Waals surface area contributed by atoms with E-state index in [-0.39, 0.29) is 0 Å². The fourth-order valence-corrected chi connectivity index (χ4v) is 3.03. The predicted molar refractivity (Wildman–Crippen MR) is 86.1 cm³/mol. The zero-order valence-corrected chi connectivity index (χ0v) is 12.7.